The number of rotatable bonds is 5. The minimum Gasteiger partial charge on any atom is -0.478 e. The van der Waals surface area contributed by atoms with E-state index in [0.717, 1.165) is 23.5 Å². The van der Waals surface area contributed by atoms with Crippen LogP contribution in [0.25, 0.3) is 0 Å². The monoisotopic (exact) mass is 393 g/mol. The molecular formula is C12H6BrClFNO4S. The summed E-state index contributed by atoms with van der Waals surface area (Å²) in [6.45, 7) is -0.446. The molecule has 110 valence electrons. The molecule has 0 N–H and O–H groups in total. The van der Waals surface area contributed by atoms with E-state index in [4.69, 9.17) is 16.3 Å². The van der Waals surface area contributed by atoms with Gasteiger partial charge in [-0.1, -0.05) is 11.6 Å². The van der Waals surface area contributed by atoms with E-state index >= 15 is 0 Å². The van der Waals surface area contributed by atoms with Gasteiger partial charge in [-0.3, -0.25) is 14.9 Å². The number of halogens is 3. The largest absolute Gasteiger partial charge is 0.478 e. The van der Waals surface area contributed by atoms with Crippen molar-refractivity contribution in [1.82, 2.24) is 0 Å². The summed E-state index contributed by atoms with van der Waals surface area (Å²) in [4.78, 5) is 22.3. The molecule has 0 aliphatic heterocycles. The summed E-state index contributed by atoms with van der Waals surface area (Å²) >= 11 is 9.63. The molecule has 0 atom stereocenters. The smallest absolute Gasteiger partial charge is 0.312 e. The number of benzene rings is 1. The van der Waals surface area contributed by atoms with Crippen LogP contribution >= 0.6 is 38.9 Å². The molecule has 2 aromatic rings. The first-order valence-electron chi connectivity index (χ1n) is 5.43. The molecule has 0 saturated heterocycles. The Labute approximate surface area is 135 Å². The lowest BCUT2D eigenvalue weighted by Gasteiger charge is -2.06. The second kappa shape index (κ2) is 6.50. The number of ether oxygens (including phenoxy) is 1. The van der Waals surface area contributed by atoms with E-state index in [1.807, 2.05) is 0 Å². The van der Waals surface area contributed by atoms with Crippen molar-refractivity contribution in [2.24, 2.45) is 0 Å². The molecule has 9 heteroatoms. The standard InChI is InChI=1S/C12H6BrClFNO4S/c13-6-3-8(16(18)19)10(4-7(6)15)20-5-9(17)11-1-2-12(14)21-11/h1-4H,5H2. The maximum absolute atomic E-state index is 13.4. The number of Topliss-reactive ketones (excluding diaryl/α,β-unsaturated/α-hetero) is 1. The van der Waals surface area contributed by atoms with Gasteiger partial charge in [0, 0.05) is 12.1 Å². The Balaban J connectivity index is 2.18. The Kier molecular flexibility index (Phi) is 4.92. The molecule has 0 fully saturated rings. The van der Waals surface area contributed by atoms with Gasteiger partial charge >= 0.3 is 5.69 Å². The van der Waals surface area contributed by atoms with E-state index in [9.17, 15) is 19.3 Å². The summed E-state index contributed by atoms with van der Waals surface area (Å²) in [6, 6.07) is 4.92. The number of hydrogen-bond acceptors (Lipinski definition) is 5. The molecule has 0 unspecified atom stereocenters. The molecule has 0 bridgehead atoms. The highest BCUT2D eigenvalue weighted by atomic mass is 79.9. The van der Waals surface area contributed by atoms with Crippen molar-refractivity contribution >= 4 is 50.3 Å². The number of carbonyl (C=O) groups is 1. The molecule has 1 aromatic heterocycles. The second-order valence-electron chi connectivity index (χ2n) is 3.81. The highest BCUT2D eigenvalue weighted by Crippen LogP contribution is 2.32. The zero-order chi connectivity index (χ0) is 15.6. The zero-order valence-corrected chi connectivity index (χ0v) is 13.3. The Morgan fingerprint density at radius 1 is 1.48 bits per heavy atom. The molecule has 0 amide bonds. The number of carbonyl (C=O) groups excluding carboxylic acids is 1. The average Bonchev–Trinajstić information content (AvgIpc) is 2.85. The van der Waals surface area contributed by atoms with Crippen LogP contribution in [0.3, 0.4) is 0 Å². The van der Waals surface area contributed by atoms with Crippen LogP contribution in [-0.4, -0.2) is 17.3 Å². The first-order valence-corrected chi connectivity index (χ1v) is 7.42. The van der Waals surface area contributed by atoms with E-state index in [-0.39, 0.29) is 10.2 Å². The van der Waals surface area contributed by atoms with Gasteiger partial charge in [0.15, 0.2) is 6.61 Å². The fraction of sp³-hybridized carbons (Fsp3) is 0.0833. The van der Waals surface area contributed by atoms with Gasteiger partial charge in [-0.05, 0) is 28.1 Å². The van der Waals surface area contributed by atoms with Crippen molar-refractivity contribution < 1.29 is 18.8 Å². The summed E-state index contributed by atoms with van der Waals surface area (Å²) in [7, 11) is 0. The Hall–Kier alpha value is -1.51. The number of thiophene rings is 1. The fourth-order valence-corrected chi connectivity index (χ4v) is 2.75. The molecule has 0 aliphatic carbocycles. The summed E-state index contributed by atoms with van der Waals surface area (Å²) in [5.41, 5.74) is -0.430. The van der Waals surface area contributed by atoms with Crippen molar-refractivity contribution in [3.05, 3.63) is 53.9 Å². The van der Waals surface area contributed by atoms with Gasteiger partial charge in [0.05, 0.1) is 18.6 Å². The average molecular weight is 395 g/mol. The number of nitro groups is 1. The van der Waals surface area contributed by atoms with E-state index in [1.165, 1.54) is 6.07 Å². The van der Waals surface area contributed by atoms with Crippen molar-refractivity contribution in [3.8, 4) is 5.75 Å². The summed E-state index contributed by atoms with van der Waals surface area (Å²) in [6.07, 6.45) is 0. The number of nitro benzene ring substituents is 1. The summed E-state index contributed by atoms with van der Waals surface area (Å²) < 4.78 is 18.9. The molecule has 2 rings (SSSR count). The SMILES string of the molecule is O=C(COc1cc(F)c(Br)cc1[N+](=O)[O-])c1ccc(Cl)s1. The number of hydrogen-bond donors (Lipinski definition) is 0. The predicted molar refractivity (Wildman–Crippen MR) is 79.9 cm³/mol. The Morgan fingerprint density at radius 3 is 2.76 bits per heavy atom. The van der Waals surface area contributed by atoms with Gasteiger partial charge in [0.2, 0.25) is 11.5 Å². The van der Waals surface area contributed by atoms with E-state index < -0.39 is 28.8 Å². The van der Waals surface area contributed by atoms with Crippen LogP contribution in [0.5, 0.6) is 5.75 Å². The molecule has 5 nitrogen and oxygen atoms in total. The van der Waals surface area contributed by atoms with Gasteiger partial charge in [-0.25, -0.2) is 4.39 Å². The molecule has 0 saturated carbocycles. The quantitative estimate of drug-likeness (QED) is 0.426. The summed E-state index contributed by atoms with van der Waals surface area (Å²) in [5, 5.41) is 10.9. The van der Waals surface area contributed by atoms with Crippen LogP contribution in [0.4, 0.5) is 10.1 Å². The minimum atomic E-state index is -0.720. The third-order valence-corrected chi connectivity index (χ3v) is 4.29. The zero-order valence-electron chi connectivity index (χ0n) is 10.1. The van der Waals surface area contributed by atoms with E-state index in [0.29, 0.717) is 9.21 Å². The van der Waals surface area contributed by atoms with Crippen LogP contribution in [0, 0.1) is 15.9 Å². The van der Waals surface area contributed by atoms with Crippen molar-refractivity contribution in [2.45, 2.75) is 0 Å². The first-order chi connectivity index (χ1) is 9.88. The molecule has 0 radical (unpaired) electrons. The maximum atomic E-state index is 13.4. The lowest BCUT2D eigenvalue weighted by molar-refractivity contribution is -0.385. The Morgan fingerprint density at radius 2 is 2.19 bits per heavy atom. The molecule has 21 heavy (non-hydrogen) atoms. The molecular weight excluding hydrogens is 389 g/mol. The van der Waals surface area contributed by atoms with Gasteiger partial charge in [0.25, 0.3) is 0 Å². The van der Waals surface area contributed by atoms with Crippen molar-refractivity contribution in [2.75, 3.05) is 6.61 Å². The van der Waals surface area contributed by atoms with Crippen molar-refractivity contribution in [3.63, 3.8) is 0 Å². The van der Waals surface area contributed by atoms with E-state index in [1.54, 1.807) is 6.07 Å². The lowest BCUT2D eigenvalue weighted by Crippen LogP contribution is -2.11. The van der Waals surface area contributed by atoms with Crippen LogP contribution in [0.1, 0.15) is 9.67 Å². The van der Waals surface area contributed by atoms with Crippen LogP contribution in [0.15, 0.2) is 28.7 Å². The van der Waals surface area contributed by atoms with Gasteiger partial charge in [-0.15, -0.1) is 11.3 Å². The minimum absolute atomic E-state index is 0.0575. The van der Waals surface area contributed by atoms with Crippen LogP contribution in [0.2, 0.25) is 4.34 Å². The lowest BCUT2D eigenvalue weighted by atomic mass is 10.3. The third kappa shape index (κ3) is 3.78. The van der Waals surface area contributed by atoms with Crippen LogP contribution in [-0.2, 0) is 0 Å². The van der Waals surface area contributed by atoms with Gasteiger partial charge < -0.3 is 4.74 Å². The number of nitrogens with zero attached hydrogens (tertiary/aromatic N) is 1. The maximum Gasteiger partial charge on any atom is 0.312 e. The van der Waals surface area contributed by atoms with Crippen LogP contribution < -0.4 is 4.74 Å². The Bertz CT molecular complexity index is 721. The topological polar surface area (TPSA) is 69.4 Å². The highest BCUT2D eigenvalue weighted by molar-refractivity contribution is 9.10. The predicted octanol–water partition coefficient (Wildman–Crippen LogP) is 4.47. The normalized spacial score (nSPS) is 10.4. The second-order valence-corrected chi connectivity index (χ2v) is 6.38. The number of ketones is 1. The highest BCUT2D eigenvalue weighted by Gasteiger charge is 2.20. The van der Waals surface area contributed by atoms with Gasteiger partial charge in [0.1, 0.15) is 5.82 Å². The fourth-order valence-electron chi connectivity index (χ4n) is 1.45. The molecule has 1 aromatic carbocycles. The summed E-state index contributed by atoms with van der Waals surface area (Å²) in [5.74, 6) is -1.43. The third-order valence-electron chi connectivity index (χ3n) is 2.41. The van der Waals surface area contributed by atoms with Crippen molar-refractivity contribution in [1.29, 1.82) is 0 Å². The molecule has 1 heterocycles. The first kappa shape index (κ1) is 15.9. The molecule has 0 spiro atoms. The van der Waals surface area contributed by atoms with Gasteiger partial charge in [-0.2, -0.15) is 0 Å². The van der Waals surface area contributed by atoms with E-state index in [2.05, 4.69) is 15.9 Å². The molecule has 0 aliphatic rings.